The monoisotopic (exact) mass is 310 g/mol. The van der Waals surface area contributed by atoms with E-state index in [-0.39, 0.29) is 23.3 Å². The molecule has 0 aromatic carbocycles. The molecule has 10 heteroatoms. The zero-order valence-corrected chi connectivity index (χ0v) is 12.2. The van der Waals surface area contributed by atoms with Gasteiger partial charge >= 0.3 is 11.7 Å². The van der Waals surface area contributed by atoms with E-state index in [1.165, 1.54) is 0 Å². The molecule has 1 fully saturated rings. The van der Waals surface area contributed by atoms with Gasteiger partial charge in [0.15, 0.2) is 0 Å². The number of nitro groups is 1. The van der Waals surface area contributed by atoms with Crippen LogP contribution >= 0.6 is 0 Å². The minimum absolute atomic E-state index is 0.0286. The fraction of sp³-hybridized carbons (Fsp3) is 0.583. The average Bonchev–Trinajstić information content (AvgIpc) is 2.44. The summed E-state index contributed by atoms with van der Waals surface area (Å²) in [7, 11) is 0. The summed E-state index contributed by atoms with van der Waals surface area (Å²) < 4.78 is 0. The molecule has 0 amide bonds. The molecule has 22 heavy (non-hydrogen) atoms. The molecule has 1 aliphatic heterocycles. The Kier molecular flexibility index (Phi) is 4.59. The normalized spacial score (nSPS) is 15.6. The number of piperidine rings is 1. The van der Waals surface area contributed by atoms with Crippen LogP contribution in [0.2, 0.25) is 0 Å². The highest BCUT2D eigenvalue weighted by molar-refractivity contribution is 5.74. The Morgan fingerprint density at radius 1 is 1.50 bits per heavy atom. The van der Waals surface area contributed by atoms with Gasteiger partial charge in [-0.3, -0.25) is 14.9 Å². The van der Waals surface area contributed by atoms with Crippen LogP contribution in [0.5, 0.6) is 0 Å². The highest BCUT2D eigenvalue weighted by Gasteiger charge is 2.29. The molecule has 2 heterocycles. The molecule has 0 bridgehead atoms. The number of nitrogens with two attached hydrogens (primary N) is 1. The average molecular weight is 310 g/mol. The van der Waals surface area contributed by atoms with Crippen molar-refractivity contribution in [2.75, 3.05) is 35.6 Å². The second-order valence-electron chi connectivity index (χ2n) is 5.28. The largest absolute Gasteiger partial charge is 0.480 e. The molecule has 4 N–H and O–H groups in total. The van der Waals surface area contributed by atoms with Crippen LogP contribution in [-0.2, 0) is 4.79 Å². The minimum Gasteiger partial charge on any atom is -0.480 e. The topological polar surface area (TPSA) is 148 Å². The molecule has 0 saturated carbocycles. The van der Waals surface area contributed by atoms with Gasteiger partial charge in [0.05, 0.1) is 4.92 Å². The molecule has 120 valence electrons. The highest BCUT2D eigenvalue weighted by atomic mass is 16.6. The molecule has 1 aromatic rings. The van der Waals surface area contributed by atoms with Gasteiger partial charge in [0.25, 0.3) is 0 Å². The summed E-state index contributed by atoms with van der Waals surface area (Å²) in [5, 5.41) is 22.4. The number of carboxylic acids is 1. The van der Waals surface area contributed by atoms with Crippen LogP contribution in [0.3, 0.4) is 0 Å². The van der Waals surface area contributed by atoms with E-state index in [1.807, 2.05) is 0 Å². The number of rotatable bonds is 5. The van der Waals surface area contributed by atoms with Crippen molar-refractivity contribution < 1.29 is 14.8 Å². The van der Waals surface area contributed by atoms with Crippen LogP contribution in [0.4, 0.5) is 23.3 Å². The molecular formula is C12H18N6O4. The van der Waals surface area contributed by atoms with E-state index in [1.54, 1.807) is 4.90 Å². The first-order valence-electron chi connectivity index (χ1n) is 6.91. The summed E-state index contributed by atoms with van der Waals surface area (Å²) in [4.78, 5) is 30.9. The summed E-state index contributed by atoms with van der Waals surface area (Å²) in [5.41, 5.74) is 5.32. The van der Waals surface area contributed by atoms with Gasteiger partial charge in [-0.2, -0.15) is 9.97 Å². The van der Waals surface area contributed by atoms with Crippen molar-refractivity contribution in [1.29, 1.82) is 0 Å². The van der Waals surface area contributed by atoms with Crippen molar-refractivity contribution in [2.24, 2.45) is 5.92 Å². The quantitative estimate of drug-likeness (QED) is 0.527. The second-order valence-corrected chi connectivity index (χ2v) is 5.28. The zero-order valence-electron chi connectivity index (χ0n) is 12.2. The molecule has 1 aliphatic rings. The summed E-state index contributed by atoms with van der Waals surface area (Å²) in [6, 6.07) is 0. The Morgan fingerprint density at radius 2 is 2.14 bits per heavy atom. The van der Waals surface area contributed by atoms with Gasteiger partial charge < -0.3 is 21.1 Å². The van der Waals surface area contributed by atoms with Crippen LogP contribution < -0.4 is 16.0 Å². The van der Waals surface area contributed by atoms with Crippen molar-refractivity contribution in [3.8, 4) is 0 Å². The lowest BCUT2D eigenvalue weighted by Crippen LogP contribution is -2.34. The minimum atomic E-state index is -1.09. The first-order valence-corrected chi connectivity index (χ1v) is 6.91. The van der Waals surface area contributed by atoms with Crippen molar-refractivity contribution in [2.45, 2.75) is 19.8 Å². The van der Waals surface area contributed by atoms with E-state index in [0.29, 0.717) is 19.0 Å². The van der Waals surface area contributed by atoms with Crippen molar-refractivity contribution >= 4 is 29.2 Å². The second kappa shape index (κ2) is 6.41. The highest BCUT2D eigenvalue weighted by Crippen LogP contribution is 2.34. The van der Waals surface area contributed by atoms with Crippen molar-refractivity contribution in [3.63, 3.8) is 0 Å². The van der Waals surface area contributed by atoms with Gasteiger partial charge in [0.2, 0.25) is 17.6 Å². The molecule has 0 aliphatic carbocycles. The van der Waals surface area contributed by atoms with Crippen LogP contribution in [-0.4, -0.2) is 45.6 Å². The third kappa shape index (κ3) is 3.51. The van der Waals surface area contributed by atoms with E-state index in [0.717, 1.165) is 12.8 Å². The Hall–Kier alpha value is -2.65. The standard InChI is InChI=1S/C12H18N6O4/c1-7-2-4-17(5-3-7)11-9(18(21)22)10(13)15-12(16-11)14-6-8(19)20/h7H,2-6H2,1H3,(H,19,20)(H3,13,14,15,16). The predicted molar refractivity (Wildman–Crippen MR) is 79.8 cm³/mol. The molecule has 0 atom stereocenters. The molecule has 0 unspecified atom stereocenters. The van der Waals surface area contributed by atoms with Gasteiger partial charge in [0.1, 0.15) is 6.54 Å². The number of nitrogens with zero attached hydrogens (tertiary/aromatic N) is 4. The van der Waals surface area contributed by atoms with E-state index in [4.69, 9.17) is 10.8 Å². The van der Waals surface area contributed by atoms with Crippen LogP contribution in [0.1, 0.15) is 19.8 Å². The van der Waals surface area contributed by atoms with Gasteiger partial charge in [0, 0.05) is 13.1 Å². The number of nitrogen functional groups attached to an aromatic ring is 1. The number of carboxylic acid groups (broad SMARTS) is 1. The van der Waals surface area contributed by atoms with Crippen molar-refractivity contribution in [3.05, 3.63) is 10.1 Å². The van der Waals surface area contributed by atoms with E-state index >= 15 is 0 Å². The third-order valence-electron chi connectivity index (χ3n) is 3.56. The SMILES string of the molecule is CC1CCN(c2nc(NCC(=O)O)nc(N)c2[N+](=O)[O-])CC1. The Morgan fingerprint density at radius 3 is 2.68 bits per heavy atom. The van der Waals surface area contributed by atoms with Gasteiger partial charge in [-0.05, 0) is 18.8 Å². The number of aliphatic carboxylic acids is 1. The molecular weight excluding hydrogens is 292 g/mol. The zero-order chi connectivity index (χ0) is 16.3. The summed E-state index contributed by atoms with van der Waals surface area (Å²) in [5.74, 6) is -0.703. The van der Waals surface area contributed by atoms with Gasteiger partial charge in [-0.1, -0.05) is 6.92 Å². The molecule has 2 rings (SSSR count). The Labute approximate surface area is 126 Å². The summed E-state index contributed by atoms with van der Waals surface area (Å²) in [6.07, 6.45) is 1.80. The molecule has 10 nitrogen and oxygen atoms in total. The number of carbonyl (C=O) groups is 1. The lowest BCUT2D eigenvalue weighted by Gasteiger charge is -2.30. The maximum Gasteiger partial charge on any atom is 0.353 e. The van der Waals surface area contributed by atoms with Crippen LogP contribution in [0, 0.1) is 16.0 Å². The Bertz CT molecular complexity index is 585. The first-order chi connectivity index (χ1) is 10.4. The molecule has 1 saturated heterocycles. The number of anilines is 3. The maximum atomic E-state index is 11.2. The Balaban J connectivity index is 2.34. The van der Waals surface area contributed by atoms with E-state index in [2.05, 4.69) is 22.2 Å². The smallest absolute Gasteiger partial charge is 0.353 e. The van der Waals surface area contributed by atoms with E-state index in [9.17, 15) is 14.9 Å². The van der Waals surface area contributed by atoms with Crippen molar-refractivity contribution in [1.82, 2.24) is 9.97 Å². The number of nitrogens with one attached hydrogen (secondary N) is 1. The fourth-order valence-electron chi connectivity index (χ4n) is 2.31. The third-order valence-corrected chi connectivity index (χ3v) is 3.56. The summed E-state index contributed by atoms with van der Waals surface area (Å²) >= 11 is 0. The van der Waals surface area contributed by atoms with Gasteiger partial charge in [-0.25, -0.2) is 0 Å². The lowest BCUT2D eigenvalue weighted by atomic mass is 9.99. The first kappa shape index (κ1) is 15.7. The molecule has 1 aromatic heterocycles. The number of hydrogen-bond acceptors (Lipinski definition) is 8. The number of hydrogen-bond donors (Lipinski definition) is 3. The van der Waals surface area contributed by atoms with Crippen LogP contribution in [0.15, 0.2) is 0 Å². The lowest BCUT2D eigenvalue weighted by molar-refractivity contribution is -0.383. The van der Waals surface area contributed by atoms with Crippen LogP contribution in [0.25, 0.3) is 0 Å². The fourth-order valence-corrected chi connectivity index (χ4v) is 2.31. The van der Waals surface area contributed by atoms with E-state index < -0.39 is 17.4 Å². The summed E-state index contributed by atoms with van der Waals surface area (Å²) in [6.45, 7) is 3.00. The van der Waals surface area contributed by atoms with Gasteiger partial charge in [-0.15, -0.1) is 0 Å². The maximum absolute atomic E-state index is 11.2. The number of aromatic nitrogens is 2. The predicted octanol–water partition coefficient (Wildman–Crippen LogP) is 0.700. The molecule has 0 radical (unpaired) electrons. The molecule has 0 spiro atoms.